The van der Waals surface area contributed by atoms with Crippen molar-refractivity contribution in [3.05, 3.63) is 0 Å². The fourth-order valence-electron chi connectivity index (χ4n) is 5.62. The molecule has 2 nitrogen and oxygen atoms in total. The lowest BCUT2D eigenvalue weighted by Gasteiger charge is -2.38. The molecule has 0 unspecified atom stereocenters. The molecule has 0 spiro atoms. The Hall–Kier alpha value is -0.313. The largest absolute Gasteiger partial charge is 0.469 e. The van der Waals surface area contributed by atoms with Crippen LogP contribution < -0.4 is 0 Å². The zero-order valence-electron chi connectivity index (χ0n) is 19.7. The van der Waals surface area contributed by atoms with Crippen LogP contribution in [-0.2, 0) is 9.53 Å². The maximum atomic E-state index is 12.2. The number of methoxy groups -OCH3 is 1. The third-order valence-corrected chi connectivity index (χ3v) is 13.7. The molecule has 0 amide bonds. The van der Waals surface area contributed by atoms with E-state index in [1.165, 1.54) is 102 Å². The number of unbranched alkanes of at least 4 members (excludes halogenated alkanes) is 9. The second-order valence-electron chi connectivity index (χ2n) is 9.52. The number of carbonyl (C=O) groups is 1. The van der Waals surface area contributed by atoms with E-state index in [0.29, 0.717) is 0 Å². The first-order chi connectivity index (χ1) is 13.6. The molecule has 1 aliphatic carbocycles. The van der Waals surface area contributed by atoms with E-state index in [1.807, 2.05) is 0 Å². The van der Waals surface area contributed by atoms with Gasteiger partial charge < -0.3 is 4.74 Å². The number of esters is 1. The third kappa shape index (κ3) is 9.01. The average molecular weight is 411 g/mol. The van der Waals surface area contributed by atoms with E-state index in [0.717, 1.165) is 18.4 Å². The van der Waals surface area contributed by atoms with Gasteiger partial charge in [-0.05, 0) is 18.4 Å². The van der Waals surface area contributed by atoms with Gasteiger partial charge in [0.15, 0.2) is 0 Å². The standard InChI is InChI=1S/C25H50O2Si/c1-5-8-11-14-19-28(20-15-12-9-6-2,21-16-13-10-7-3)24-18-17-23(22-24)25(26)27-4/h23-24H,5-22H2,1-4H3/t23-,24-/m0/s1. The quantitative estimate of drug-likeness (QED) is 0.136. The monoisotopic (exact) mass is 410 g/mol. The second kappa shape index (κ2) is 15.5. The van der Waals surface area contributed by atoms with Crippen LogP contribution in [0.1, 0.15) is 117 Å². The van der Waals surface area contributed by atoms with Gasteiger partial charge in [-0.3, -0.25) is 4.79 Å². The lowest BCUT2D eigenvalue weighted by Crippen LogP contribution is -2.39. The predicted molar refractivity (Wildman–Crippen MR) is 126 cm³/mol. The Morgan fingerprint density at radius 3 is 1.61 bits per heavy atom. The van der Waals surface area contributed by atoms with Crippen LogP contribution in [0.15, 0.2) is 0 Å². The van der Waals surface area contributed by atoms with Gasteiger partial charge in [-0.2, -0.15) is 0 Å². The molecule has 1 rings (SSSR count). The van der Waals surface area contributed by atoms with Crippen molar-refractivity contribution < 1.29 is 9.53 Å². The fourth-order valence-corrected chi connectivity index (χ4v) is 12.0. The van der Waals surface area contributed by atoms with Crippen LogP contribution in [0.25, 0.3) is 0 Å². The highest BCUT2D eigenvalue weighted by molar-refractivity contribution is 6.81. The van der Waals surface area contributed by atoms with Crippen LogP contribution >= 0.6 is 0 Å². The summed E-state index contributed by atoms with van der Waals surface area (Å²) in [5, 5.41) is 0. The van der Waals surface area contributed by atoms with Gasteiger partial charge in [-0.15, -0.1) is 0 Å². The summed E-state index contributed by atoms with van der Waals surface area (Å²) in [5.41, 5.74) is 0.876. The van der Waals surface area contributed by atoms with Gasteiger partial charge in [-0.25, -0.2) is 0 Å². The summed E-state index contributed by atoms with van der Waals surface area (Å²) in [7, 11) is 0.249. The molecule has 0 N–H and O–H groups in total. The van der Waals surface area contributed by atoms with Crippen LogP contribution in [0.4, 0.5) is 0 Å². The Labute approximate surface area is 177 Å². The molecule has 1 fully saturated rings. The van der Waals surface area contributed by atoms with E-state index in [9.17, 15) is 4.79 Å². The molecule has 166 valence electrons. The molecule has 0 aromatic heterocycles. The lowest BCUT2D eigenvalue weighted by molar-refractivity contribution is -0.145. The molecule has 28 heavy (non-hydrogen) atoms. The second-order valence-corrected chi connectivity index (χ2v) is 14.6. The van der Waals surface area contributed by atoms with Crippen molar-refractivity contribution >= 4 is 14.0 Å². The molecular weight excluding hydrogens is 360 g/mol. The van der Waals surface area contributed by atoms with Crippen molar-refractivity contribution in [1.29, 1.82) is 0 Å². The van der Waals surface area contributed by atoms with Crippen molar-refractivity contribution in [2.24, 2.45) is 5.92 Å². The maximum Gasteiger partial charge on any atom is 0.308 e. The summed E-state index contributed by atoms with van der Waals surface area (Å²) in [6.45, 7) is 6.95. The summed E-state index contributed by atoms with van der Waals surface area (Å²) in [6.07, 6.45) is 20.3. The molecule has 1 aliphatic rings. The number of carbonyl (C=O) groups excluding carboxylic acids is 1. The predicted octanol–water partition coefficient (Wildman–Crippen LogP) is 8.52. The van der Waals surface area contributed by atoms with Crippen molar-refractivity contribution in [3.8, 4) is 0 Å². The molecule has 0 saturated heterocycles. The summed E-state index contributed by atoms with van der Waals surface area (Å²) < 4.78 is 5.11. The van der Waals surface area contributed by atoms with Gasteiger partial charge in [-0.1, -0.05) is 122 Å². The normalized spacial score (nSPS) is 19.9. The molecule has 3 heteroatoms. The van der Waals surface area contributed by atoms with Gasteiger partial charge in [0, 0.05) is 0 Å². The molecule has 0 aromatic carbocycles. The van der Waals surface area contributed by atoms with Crippen molar-refractivity contribution in [2.45, 2.75) is 141 Å². The van der Waals surface area contributed by atoms with Gasteiger partial charge in [0.1, 0.15) is 0 Å². The van der Waals surface area contributed by atoms with E-state index in [4.69, 9.17) is 4.74 Å². The van der Waals surface area contributed by atoms with Crippen LogP contribution in [0.2, 0.25) is 23.7 Å². The SMILES string of the molecule is CCCCCC[Si](CCCCCC)(CCCCCC)[C@H]1CC[C@H](C(=O)OC)C1. The highest BCUT2D eigenvalue weighted by atomic mass is 28.3. The first-order valence-corrected chi connectivity index (χ1v) is 15.4. The highest BCUT2D eigenvalue weighted by Gasteiger charge is 2.44. The van der Waals surface area contributed by atoms with Gasteiger partial charge in [0.05, 0.1) is 21.1 Å². The molecule has 0 radical (unpaired) electrons. The summed E-state index contributed by atoms with van der Waals surface area (Å²) in [4.78, 5) is 12.2. The Morgan fingerprint density at radius 2 is 1.21 bits per heavy atom. The van der Waals surface area contributed by atoms with E-state index >= 15 is 0 Å². The molecule has 2 atom stereocenters. The average Bonchev–Trinajstić information content (AvgIpc) is 3.21. The fraction of sp³-hybridized carbons (Fsp3) is 0.960. The van der Waals surface area contributed by atoms with E-state index in [-0.39, 0.29) is 11.9 Å². The Kier molecular flexibility index (Phi) is 14.3. The van der Waals surface area contributed by atoms with Crippen molar-refractivity contribution in [3.63, 3.8) is 0 Å². The van der Waals surface area contributed by atoms with Gasteiger partial charge in [0.25, 0.3) is 0 Å². The molecule has 1 saturated carbocycles. The summed E-state index contributed by atoms with van der Waals surface area (Å²) in [5.74, 6) is 0.261. The first kappa shape index (κ1) is 25.7. The number of hydrogen-bond donors (Lipinski definition) is 0. The maximum absolute atomic E-state index is 12.2. The molecule has 0 aliphatic heterocycles. The van der Waals surface area contributed by atoms with Gasteiger partial charge in [0.2, 0.25) is 0 Å². The minimum atomic E-state index is -1.32. The molecule has 0 heterocycles. The van der Waals surface area contributed by atoms with Crippen molar-refractivity contribution in [1.82, 2.24) is 0 Å². The van der Waals surface area contributed by atoms with E-state index < -0.39 is 8.07 Å². The third-order valence-electron chi connectivity index (χ3n) is 7.42. The van der Waals surface area contributed by atoms with E-state index in [2.05, 4.69) is 20.8 Å². The lowest BCUT2D eigenvalue weighted by atomic mass is 10.1. The Balaban J connectivity index is 2.84. The van der Waals surface area contributed by atoms with E-state index in [1.54, 1.807) is 7.11 Å². The van der Waals surface area contributed by atoms with Crippen LogP contribution in [0, 0.1) is 5.92 Å². The zero-order valence-corrected chi connectivity index (χ0v) is 20.7. The smallest absolute Gasteiger partial charge is 0.308 e. The van der Waals surface area contributed by atoms with Crippen LogP contribution in [-0.4, -0.2) is 21.2 Å². The Bertz CT molecular complexity index is 365. The first-order valence-electron chi connectivity index (χ1n) is 12.7. The number of hydrogen-bond acceptors (Lipinski definition) is 2. The molecule has 0 aromatic rings. The minimum absolute atomic E-state index is 0.0633. The molecule has 0 bridgehead atoms. The zero-order chi connectivity index (χ0) is 20.7. The number of ether oxygens (including phenoxy) is 1. The topological polar surface area (TPSA) is 26.3 Å². The summed E-state index contributed by atoms with van der Waals surface area (Å²) >= 11 is 0. The summed E-state index contributed by atoms with van der Waals surface area (Å²) in [6, 6.07) is 4.59. The van der Waals surface area contributed by atoms with Gasteiger partial charge >= 0.3 is 5.97 Å². The van der Waals surface area contributed by atoms with Crippen LogP contribution in [0.3, 0.4) is 0 Å². The minimum Gasteiger partial charge on any atom is -0.469 e. The van der Waals surface area contributed by atoms with Crippen molar-refractivity contribution in [2.75, 3.05) is 7.11 Å². The van der Waals surface area contributed by atoms with Crippen LogP contribution in [0.5, 0.6) is 0 Å². The number of rotatable bonds is 17. The molecular formula is C25H50O2Si. The Morgan fingerprint density at radius 1 is 0.750 bits per heavy atom. The highest BCUT2D eigenvalue weighted by Crippen LogP contribution is 2.49.